The van der Waals surface area contributed by atoms with Gasteiger partial charge in [0.25, 0.3) is 0 Å². The van der Waals surface area contributed by atoms with Crippen molar-refractivity contribution in [2.45, 2.75) is 38.4 Å². The first kappa shape index (κ1) is 20.6. The molecule has 2 heterocycles. The van der Waals surface area contributed by atoms with E-state index in [1.807, 2.05) is 42.2 Å². The van der Waals surface area contributed by atoms with Gasteiger partial charge in [0, 0.05) is 51.9 Å². The average molecular weight is 388 g/mol. The third-order valence-electron chi connectivity index (χ3n) is 5.56. The van der Waals surface area contributed by atoms with Crippen LogP contribution in [-0.2, 0) is 11.3 Å². The number of benzene rings is 1. The summed E-state index contributed by atoms with van der Waals surface area (Å²) in [6.45, 7) is 8.37. The smallest absolute Gasteiger partial charge is 0.315 e. The summed E-state index contributed by atoms with van der Waals surface area (Å²) < 4.78 is 0. The van der Waals surface area contributed by atoms with Crippen molar-refractivity contribution in [2.24, 2.45) is 0 Å². The second-order valence-electron chi connectivity index (χ2n) is 8.06. The van der Waals surface area contributed by atoms with E-state index in [-0.39, 0.29) is 18.0 Å². The Morgan fingerprint density at radius 3 is 2.57 bits per heavy atom. The van der Waals surface area contributed by atoms with Gasteiger partial charge >= 0.3 is 6.03 Å². The normalized spacial score (nSPS) is 22.7. The van der Waals surface area contributed by atoms with Crippen LogP contribution in [0.1, 0.15) is 25.3 Å². The zero-order chi connectivity index (χ0) is 19.9. The van der Waals surface area contributed by atoms with Gasteiger partial charge in [-0.2, -0.15) is 0 Å². The van der Waals surface area contributed by atoms with Crippen molar-refractivity contribution in [3.05, 3.63) is 35.9 Å². The van der Waals surface area contributed by atoms with Crippen molar-refractivity contribution < 1.29 is 9.59 Å². The second kappa shape index (κ2) is 9.89. The van der Waals surface area contributed by atoms with Crippen LogP contribution in [0.4, 0.5) is 4.79 Å². The Kier molecular flexibility index (Phi) is 7.28. The molecule has 2 fully saturated rings. The van der Waals surface area contributed by atoms with Crippen molar-refractivity contribution in [3.8, 4) is 0 Å². The number of urea groups is 1. The number of likely N-dealkylation sites (N-methyl/N-ethyl adjacent to an activating group) is 1. The number of amides is 3. The first-order chi connectivity index (χ1) is 13.5. The summed E-state index contributed by atoms with van der Waals surface area (Å²) in [5.74, 6) is 0.0111. The topological polar surface area (TPSA) is 67.9 Å². The first-order valence-electron chi connectivity index (χ1n) is 10.3. The summed E-state index contributed by atoms with van der Waals surface area (Å²) in [5.41, 5.74) is 1.11. The highest BCUT2D eigenvalue weighted by Gasteiger charge is 2.30. The molecule has 28 heavy (non-hydrogen) atoms. The quantitative estimate of drug-likeness (QED) is 0.767. The predicted octanol–water partition coefficient (Wildman–Crippen LogP) is 1.11. The lowest BCUT2D eigenvalue weighted by Crippen LogP contribution is -2.56. The lowest BCUT2D eigenvalue weighted by Gasteiger charge is -2.35. The molecule has 2 atom stereocenters. The van der Waals surface area contributed by atoms with Gasteiger partial charge in [-0.3, -0.25) is 9.69 Å². The minimum atomic E-state index is -0.437. The van der Waals surface area contributed by atoms with Crippen LogP contribution in [0.15, 0.2) is 30.3 Å². The molecule has 2 aliphatic rings. The summed E-state index contributed by atoms with van der Waals surface area (Å²) in [4.78, 5) is 31.7. The number of carbonyl (C=O) groups excluding carboxylic acids is 2. The zero-order valence-corrected chi connectivity index (χ0v) is 17.1. The highest BCUT2D eigenvalue weighted by Crippen LogP contribution is 2.15. The predicted molar refractivity (Wildman–Crippen MR) is 110 cm³/mol. The lowest BCUT2D eigenvalue weighted by molar-refractivity contribution is -0.136. The number of rotatable bonds is 6. The van der Waals surface area contributed by atoms with Gasteiger partial charge in [0.2, 0.25) is 5.91 Å². The Balaban J connectivity index is 1.44. The average Bonchev–Trinajstić information content (AvgIpc) is 2.67. The number of hydrogen-bond donors (Lipinski definition) is 2. The van der Waals surface area contributed by atoms with Gasteiger partial charge in [-0.1, -0.05) is 30.3 Å². The van der Waals surface area contributed by atoms with Gasteiger partial charge in [-0.25, -0.2) is 4.79 Å². The summed E-state index contributed by atoms with van der Waals surface area (Å²) in [5, 5.41) is 5.89. The van der Waals surface area contributed by atoms with Crippen LogP contribution in [0.25, 0.3) is 0 Å². The van der Waals surface area contributed by atoms with E-state index < -0.39 is 6.04 Å². The van der Waals surface area contributed by atoms with E-state index in [2.05, 4.69) is 27.5 Å². The van der Waals surface area contributed by atoms with Crippen molar-refractivity contribution in [1.82, 2.24) is 25.3 Å². The highest BCUT2D eigenvalue weighted by molar-refractivity contribution is 5.87. The highest BCUT2D eigenvalue weighted by atomic mass is 16.2. The van der Waals surface area contributed by atoms with Crippen LogP contribution < -0.4 is 10.6 Å². The monoisotopic (exact) mass is 387 g/mol. The molecule has 7 nitrogen and oxygen atoms in total. The number of likely N-dealkylation sites (tertiary alicyclic amines) is 1. The van der Waals surface area contributed by atoms with Gasteiger partial charge in [-0.05, 0) is 32.4 Å². The number of piperazine rings is 1. The summed E-state index contributed by atoms with van der Waals surface area (Å²) >= 11 is 0. The molecule has 7 heteroatoms. The van der Waals surface area contributed by atoms with Gasteiger partial charge in [-0.15, -0.1) is 0 Å². The van der Waals surface area contributed by atoms with Crippen molar-refractivity contribution in [1.29, 1.82) is 0 Å². The van der Waals surface area contributed by atoms with Gasteiger partial charge in [0.05, 0.1) is 0 Å². The Labute approximate surface area is 168 Å². The minimum absolute atomic E-state index is 0.0111. The van der Waals surface area contributed by atoms with E-state index in [1.165, 1.54) is 0 Å². The summed E-state index contributed by atoms with van der Waals surface area (Å²) in [6.07, 6.45) is 1.60. The van der Waals surface area contributed by atoms with E-state index in [9.17, 15) is 9.59 Å². The maximum atomic E-state index is 12.8. The van der Waals surface area contributed by atoms with Gasteiger partial charge in [0.15, 0.2) is 0 Å². The number of piperidine rings is 1. The fourth-order valence-corrected chi connectivity index (χ4v) is 3.92. The Hall–Kier alpha value is -2.12. The largest absolute Gasteiger partial charge is 0.337 e. The molecule has 2 unspecified atom stereocenters. The maximum Gasteiger partial charge on any atom is 0.315 e. The molecule has 1 aromatic rings. The molecule has 3 rings (SSSR count). The summed E-state index contributed by atoms with van der Waals surface area (Å²) in [7, 11) is 2.13. The first-order valence-corrected chi connectivity index (χ1v) is 10.3. The number of nitrogens with zero attached hydrogens (tertiary/aromatic N) is 3. The van der Waals surface area contributed by atoms with Gasteiger partial charge < -0.3 is 20.4 Å². The van der Waals surface area contributed by atoms with Crippen molar-refractivity contribution in [2.75, 3.05) is 46.3 Å². The van der Waals surface area contributed by atoms with E-state index in [4.69, 9.17) is 0 Å². The third-order valence-corrected chi connectivity index (χ3v) is 5.56. The molecule has 0 aromatic heterocycles. The molecule has 1 aromatic carbocycles. The van der Waals surface area contributed by atoms with Crippen LogP contribution in [0.5, 0.6) is 0 Å². The molecule has 0 bridgehead atoms. The third kappa shape index (κ3) is 5.94. The molecule has 3 amide bonds. The van der Waals surface area contributed by atoms with E-state index in [1.54, 1.807) is 0 Å². The molecule has 2 aliphatic heterocycles. The molecule has 0 radical (unpaired) electrons. The number of nitrogens with one attached hydrogen (secondary N) is 2. The van der Waals surface area contributed by atoms with Crippen LogP contribution >= 0.6 is 0 Å². The fraction of sp³-hybridized carbons (Fsp3) is 0.619. The maximum absolute atomic E-state index is 12.8. The Morgan fingerprint density at radius 1 is 1.14 bits per heavy atom. The molecule has 2 N–H and O–H groups in total. The Morgan fingerprint density at radius 2 is 1.86 bits per heavy atom. The Bertz CT molecular complexity index is 645. The molecular formula is C21H33N5O2. The molecule has 2 saturated heterocycles. The fourth-order valence-electron chi connectivity index (χ4n) is 3.92. The zero-order valence-electron chi connectivity index (χ0n) is 17.1. The second-order valence-corrected chi connectivity index (χ2v) is 8.06. The molecule has 0 aliphatic carbocycles. The number of carbonyl (C=O) groups is 2. The van der Waals surface area contributed by atoms with Crippen LogP contribution in [0, 0.1) is 0 Å². The summed E-state index contributed by atoms with van der Waals surface area (Å²) in [6, 6.07) is 9.34. The van der Waals surface area contributed by atoms with E-state index >= 15 is 0 Å². The van der Waals surface area contributed by atoms with Crippen LogP contribution in [-0.4, -0.2) is 85.0 Å². The molecule has 0 spiro atoms. The van der Waals surface area contributed by atoms with Gasteiger partial charge in [0.1, 0.15) is 6.04 Å². The SMILES string of the molecule is CC(CN1CCN(C)CC1)NC(=O)NC1CCCN(Cc2ccccc2)C1=O. The lowest BCUT2D eigenvalue weighted by atomic mass is 10.0. The van der Waals surface area contributed by atoms with Crippen molar-refractivity contribution >= 4 is 11.9 Å². The van der Waals surface area contributed by atoms with Crippen LogP contribution in [0.3, 0.4) is 0 Å². The standard InChI is InChI=1S/C21H33N5O2/c1-17(15-25-13-11-24(2)12-14-25)22-21(28)23-19-9-6-10-26(20(19)27)16-18-7-4-3-5-8-18/h3-5,7-8,17,19H,6,9-16H2,1-2H3,(H2,22,23,28). The van der Waals surface area contributed by atoms with E-state index in [0.29, 0.717) is 13.0 Å². The van der Waals surface area contributed by atoms with E-state index in [0.717, 1.165) is 51.3 Å². The van der Waals surface area contributed by atoms with Crippen molar-refractivity contribution in [3.63, 3.8) is 0 Å². The molecule has 0 saturated carbocycles. The van der Waals surface area contributed by atoms with Crippen LogP contribution in [0.2, 0.25) is 0 Å². The number of hydrogen-bond acceptors (Lipinski definition) is 4. The minimum Gasteiger partial charge on any atom is -0.337 e. The molecular weight excluding hydrogens is 354 g/mol. The molecule has 154 valence electrons.